The molecule has 0 aliphatic heterocycles. The Morgan fingerprint density at radius 3 is 2.73 bits per heavy atom. The normalized spacial score (nSPS) is 10.4. The van der Waals surface area contributed by atoms with Gasteiger partial charge in [0.2, 0.25) is 5.88 Å². The third kappa shape index (κ3) is 1.73. The average Bonchev–Trinajstić information content (AvgIpc) is 2.33. The summed E-state index contributed by atoms with van der Waals surface area (Å²) >= 11 is 0. The van der Waals surface area contributed by atoms with Crippen LogP contribution in [-0.2, 0) is 13.0 Å². The maximum Gasteiger partial charge on any atom is 0.233 e. The minimum atomic E-state index is 0.189. The Morgan fingerprint density at radius 2 is 2.27 bits per heavy atom. The topological polar surface area (TPSA) is 38.0 Å². The molecule has 0 aliphatic rings. The Kier molecular flexibility index (Phi) is 2.52. The van der Waals surface area contributed by atoms with Crippen LogP contribution in [0, 0.1) is 0 Å². The largest absolute Gasteiger partial charge is 0.492 e. The smallest absolute Gasteiger partial charge is 0.233 e. The molecule has 0 amide bonds. The molecule has 0 saturated heterocycles. The van der Waals surface area contributed by atoms with E-state index in [1.165, 1.54) is 0 Å². The number of hydrogen-bond acceptors (Lipinski definition) is 2. The van der Waals surface area contributed by atoms with Gasteiger partial charge in [0.25, 0.3) is 0 Å². The van der Waals surface area contributed by atoms with Crippen molar-refractivity contribution < 1.29 is 5.11 Å². The standard InChI is InChI=1S/C8H14N2O/c1-3-5-7-6-10(4-2)9-8(7)11/h6H,3-5H2,1-2H3,(H,9,11). The maximum absolute atomic E-state index is 9.26. The Morgan fingerprint density at radius 1 is 1.55 bits per heavy atom. The summed E-state index contributed by atoms with van der Waals surface area (Å²) in [4.78, 5) is 0. The highest BCUT2D eigenvalue weighted by atomic mass is 16.3. The van der Waals surface area contributed by atoms with Crippen LogP contribution in [0.25, 0.3) is 0 Å². The molecule has 0 spiro atoms. The average molecular weight is 154 g/mol. The molecule has 0 aromatic carbocycles. The van der Waals surface area contributed by atoms with E-state index in [9.17, 15) is 5.11 Å². The van der Waals surface area contributed by atoms with Crippen molar-refractivity contribution in [3.8, 4) is 5.88 Å². The molecular formula is C8H14N2O. The van der Waals surface area contributed by atoms with Crippen LogP contribution in [0.15, 0.2) is 6.20 Å². The third-order valence-corrected chi connectivity index (χ3v) is 1.66. The van der Waals surface area contributed by atoms with Crippen molar-refractivity contribution in [2.75, 3.05) is 0 Å². The van der Waals surface area contributed by atoms with Gasteiger partial charge in [-0.1, -0.05) is 13.3 Å². The van der Waals surface area contributed by atoms with Crippen molar-refractivity contribution in [1.82, 2.24) is 9.78 Å². The zero-order chi connectivity index (χ0) is 8.27. The van der Waals surface area contributed by atoms with Crippen LogP contribution in [0.5, 0.6) is 5.88 Å². The molecule has 1 rings (SSSR count). The molecule has 1 aromatic heterocycles. The second-order valence-corrected chi connectivity index (χ2v) is 2.58. The molecule has 0 fully saturated rings. The van der Waals surface area contributed by atoms with Gasteiger partial charge >= 0.3 is 0 Å². The monoisotopic (exact) mass is 154 g/mol. The number of hydrogen-bond donors (Lipinski definition) is 1. The molecule has 1 N–H and O–H groups in total. The van der Waals surface area contributed by atoms with Crippen LogP contribution in [-0.4, -0.2) is 14.9 Å². The molecule has 0 saturated carbocycles. The lowest BCUT2D eigenvalue weighted by Gasteiger charge is -1.90. The van der Waals surface area contributed by atoms with E-state index in [-0.39, 0.29) is 5.88 Å². The predicted octanol–water partition coefficient (Wildman–Crippen LogP) is 1.56. The van der Waals surface area contributed by atoms with Crippen LogP contribution in [0.4, 0.5) is 0 Å². The lowest BCUT2D eigenvalue weighted by molar-refractivity contribution is 0.434. The van der Waals surface area contributed by atoms with E-state index in [2.05, 4.69) is 12.0 Å². The van der Waals surface area contributed by atoms with Gasteiger partial charge < -0.3 is 5.11 Å². The molecule has 3 nitrogen and oxygen atoms in total. The van der Waals surface area contributed by atoms with Gasteiger partial charge in [-0.2, -0.15) is 0 Å². The second kappa shape index (κ2) is 3.42. The van der Waals surface area contributed by atoms with Crippen LogP contribution in [0.1, 0.15) is 25.8 Å². The Hall–Kier alpha value is -0.990. The number of rotatable bonds is 3. The first-order chi connectivity index (χ1) is 5.27. The van der Waals surface area contributed by atoms with Crippen LogP contribution < -0.4 is 0 Å². The quantitative estimate of drug-likeness (QED) is 0.717. The highest BCUT2D eigenvalue weighted by Crippen LogP contribution is 2.15. The number of aromatic nitrogens is 2. The highest BCUT2D eigenvalue weighted by Gasteiger charge is 2.04. The van der Waals surface area contributed by atoms with E-state index in [0.717, 1.165) is 24.9 Å². The summed E-state index contributed by atoms with van der Waals surface area (Å²) in [5.74, 6) is 0.189. The van der Waals surface area contributed by atoms with Gasteiger partial charge in [0.1, 0.15) is 0 Å². The molecule has 0 atom stereocenters. The van der Waals surface area contributed by atoms with Gasteiger partial charge in [-0.05, 0) is 13.3 Å². The molecule has 62 valence electrons. The number of aryl methyl sites for hydroxylation is 2. The Balaban J connectivity index is 2.79. The van der Waals surface area contributed by atoms with Gasteiger partial charge in [0.15, 0.2) is 0 Å². The molecule has 11 heavy (non-hydrogen) atoms. The molecule has 0 radical (unpaired) electrons. The summed E-state index contributed by atoms with van der Waals surface area (Å²) in [6.07, 6.45) is 3.85. The van der Waals surface area contributed by atoms with Crippen LogP contribution in [0.2, 0.25) is 0 Å². The molecule has 0 bridgehead atoms. The van der Waals surface area contributed by atoms with E-state index in [1.54, 1.807) is 4.68 Å². The van der Waals surface area contributed by atoms with Crippen LogP contribution >= 0.6 is 0 Å². The molecule has 0 aliphatic carbocycles. The van der Waals surface area contributed by atoms with E-state index < -0.39 is 0 Å². The molecular weight excluding hydrogens is 140 g/mol. The summed E-state index contributed by atoms with van der Waals surface area (Å²) in [5, 5.41) is 13.2. The molecule has 0 unspecified atom stereocenters. The Bertz CT molecular complexity index is 230. The predicted molar refractivity (Wildman–Crippen MR) is 43.6 cm³/mol. The van der Waals surface area contributed by atoms with Crippen molar-refractivity contribution in [3.63, 3.8) is 0 Å². The van der Waals surface area contributed by atoms with E-state index >= 15 is 0 Å². The summed E-state index contributed by atoms with van der Waals surface area (Å²) in [6, 6.07) is 0. The summed E-state index contributed by atoms with van der Waals surface area (Å²) in [6.45, 7) is 4.90. The van der Waals surface area contributed by atoms with Crippen molar-refractivity contribution in [1.29, 1.82) is 0 Å². The first kappa shape index (κ1) is 8.11. The van der Waals surface area contributed by atoms with Gasteiger partial charge in [-0.3, -0.25) is 4.68 Å². The van der Waals surface area contributed by atoms with Crippen molar-refractivity contribution in [3.05, 3.63) is 11.8 Å². The molecule has 1 aromatic rings. The van der Waals surface area contributed by atoms with Gasteiger partial charge in [0.05, 0.1) is 0 Å². The van der Waals surface area contributed by atoms with Crippen molar-refractivity contribution in [2.24, 2.45) is 0 Å². The van der Waals surface area contributed by atoms with Crippen molar-refractivity contribution >= 4 is 0 Å². The molecule has 3 heteroatoms. The number of nitrogens with zero attached hydrogens (tertiary/aromatic N) is 2. The van der Waals surface area contributed by atoms with Gasteiger partial charge in [-0.25, -0.2) is 0 Å². The zero-order valence-electron chi connectivity index (χ0n) is 7.04. The summed E-state index contributed by atoms with van der Waals surface area (Å²) < 4.78 is 1.75. The zero-order valence-corrected chi connectivity index (χ0v) is 7.04. The fraction of sp³-hybridized carbons (Fsp3) is 0.625. The minimum absolute atomic E-state index is 0.189. The number of aromatic hydroxyl groups is 1. The first-order valence-corrected chi connectivity index (χ1v) is 4.03. The second-order valence-electron chi connectivity index (χ2n) is 2.58. The first-order valence-electron chi connectivity index (χ1n) is 4.03. The third-order valence-electron chi connectivity index (χ3n) is 1.66. The van der Waals surface area contributed by atoms with Crippen molar-refractivity contribution in [2.45, 2.75) is 33.2 Å². The SMILES string of the molecule is CCCc1cn(CC)nc1O. The minimum Gasteiger partial charge on any atom is -0.492 e. The summed E-state index contributed by atoms with van der Waals surface area (Å²) in [5.41, 5.74) is 0.953. The lowest BCUT2D eigenvalue weighted by atomic mass is 10.2. The summed E-state index contributed by atoms with van der Waals surface area (Å²) in [7, 11) is 0. The highest BCUT2D eigenvalue weighted by molar-refractivity contribution is 5.21. The van der Waals surface area contributed by atoms with Gasteiger partial charge in [-0.15, -0.1) is 5.10 Å². The van der Waals surface area contributed by atoms with Gasteiger partial charge in [0, 0.05) is 18.3 Å². The van der Waals surface area contributed by atoms with Crippen LogP contribution in [0.3, 0.4) is 0 Å². The van der Waals surface area contributed by atoms with E-state index in [1.807, 2.05) is 13.1 Å². The van der Waals surface area contributed by atoms with E-state index in [4.69, 9.17) is 0 Å². The fourth-order valence-electron chi connectivity index (χ4n) is 1.06. The fourth-order valence-corrected chi connectivity index (χ4v) is 1.06. The maximum atomic E-state index is 9.26. The lowest BCUT2D eigenvalue weighted by Crippen LogP contribution is -1.92. The molecule has 1 heterocycles. The Labute approximate surface area is 66.7 Å². The van der Waals surface area contributed by atoms with E-state index in [0.29, 0.717) is 0 Å².